The molecule has 2 aromatic heterocycles. The number of carbonyl (C=O) groups excluding carboxylic acids is 5. The minimum absolute atomic E-state index is 0.0712. The molecule has 0 radical (unpaired) electrons. The summed E-state index contributed by atoms with van der Waals surface area (Å²) >= 11 is 6.85. The van der Waals surface area contributed by atoms with E-state index in [-0.39, 0.29) is 38.0 Å². The molecule has 0 aromatic carbocycles. The van der Waals surface area contributed by atoms with Gasteiger partial charge in [-0.3, -0.25) is 28.8 Å². The number of oxime groups is 1. The number of H-pyrrole nitrogens is 1. The number of rotatable bonds is 9. The molecule has 1 saturated heterocycles. The predicted octanol–water partition coefficient (Wildman–Crippen LogP) is -2.11. The number of hydrogen-bond acceptors (Lipinski definition) is 16. The van der Waals surface area contributed by atoms with Gasteiger partial charge in [0.1, 0.15) is 34.1 Å². The lowest BCUT2D eigenvalue weighted by molar-refractivity contribution is -0.246. The van der Waals surface area contributed by atoms with Gasteiger partial charge in [-0.15, -0.1) is 0 Å². The molecule has 1 unspecified atom stereocenters. The molecule has 1 aliphatic carbocycles. The maximum absolute atomic E-state index is 13.4. The van der Waals surface area contributed by atoms with Crippen LogP contribution < -0.4 is 16.6 Å². The highest BCUT2D eigenvalue weighted by atomic mass is 35.5. The summed E-state index contributed by atoms with van der Waals surface area (Å²) in [5.41, 5.74) is -3.44. The van der Waals surface area contributed by atoms with Crippen molar-refractivity contribution in [1.82, 2.24) is 25.2 Å². The summed E-state index contributed by atoms with van der Waals surface area (Å²) in [6.07, 6.45) is 0.577. The van der Waals surface area contributed by atoms with Crippen molar-refractivity contribution in [2.45, 2.75) is 30.2 Å². The van der Waals surface area contributed by atoms with Crippen LogP contribution >= 0.6 is 22.9 Å². The number of anilines is 1. The summed E-state index contributed by atoms with van der Waals surface area (Å²) in [6.45, 7) is -0.756. The van der Waals surface area contributed by atoms with Crippen molar-refractivity contribution in [2.75, 3.05) is 12.3 Å². The van der Waals surface area contributed by atoms with Gasteiger partial charge in [-0.2, -0.15) is 5.06 Å². The molecule has 4 amide bonds. The first-order valence-corrected chi connectivity index (χ1v) is 14.0. The highest BCUT2D eigenvalue weighted by Gasteiger charge is 2.61. The van der Waals surface area contributed by atoms with Crippen LogP contribution in [0.1, 0.15) is 39.4 Å². The van der Waals surface area contributed by atoms with Crippen LogP contribution in [0.5, 0.6) is 5.75 Å². The zero-order chi connectivity index (χ0) is 34.2. The molecule has 1 saturated carbocycles. The Kier molecular flexibility index (Phi) is 7.02. The highest BCUT2D eigenvalue weighted by Crippen LogP contribution is 2.40. The third kappa shape index (κ3) is 4.81. The molecule has 6 rings (SSSR count). The average Bonchev–Trinajstić information content (AvgIpc) is 3.35. The van der Waals surface area contributed by atoms with Gasteiger partial charge in [-0.25, -0.2) is 24.3 Å². The lowest BCUT2D eigenvalue weighted by Gasteiger charge is -2.29. The highest BCUT2D eigenvalue weighted by molar-refractivity contribution is 7.19. The monoisotopic (exact) mass is 693 g/mol. The number of nitrogens with one attached hydrogen (secondary N) is 2. The van der Waals surface area contributed by atoms with Crippen LogP contribution in [0.3, 0.4) is 0 Å². The van der Waals surface area contributed by atoms with E-state index in [1.54, 1.807) is 0 Å². The second-order valence-electron chi connectivity index (χ2n) is 10.1. The van der Waals surface area contributed by atoms with Gasteiger partial charge in [0.05, 0.1) is 5.56 Å². The van der Waals surface area contributed by atoms with Gasteiger partial charge in [0.15, 0.2) is 16.6 Å². The number of aromatic hydroxyl groups is 1. The number of nitrogen functional groups attached to an aromatic ring is 1. The molecule has 2 fully saturated rings. The molecule has 47 heavy (non-hydrogen) atoms. The van der Waals surface area contributed by atoms with E-state index in [9.17, 15) is 53.7 Å². The van der Waals surface area contributed by atoms with Gasteiger partial charge in [0, 0.05) is 25.0 Å². The number of carboxylic acids is 2. The first-order valence-electron chi connectivity index (χ1n) is 12.8. The van der Waals surface area contributed by atoms with E-state index in [2.05, 4.69) is 15.5 Å². The number of fused-ring (bicyclic) bond motifs is 1. The van der Waals surface area contributed by atoms with Crippen molar-refractivity contribution in [3.05, 3.63) is 49.5 Å². The molecular weight excluding hydrogens is 678 g/mol. The van der Waals surface area contributed by atoms with Crippen molar-refractivity contribution in [3.63, 3.8) is 0 Å². The van der Waals surface area contributed by atoms with Crippen LogP contribution in [0, 0.1) is 0 Å². The number of nitrogens with zero attached hydrogens (tertiary/aromatic N) is 4. The van der Waals surface area contributed by atoms with Crippen LogP contribution in [-0.4, -0.2) is 106 Å². The molecule has 0 spiro atoms. The number of halogens is 1. The van der Waals surface area contributed by atoms with E-state index in [4.69, 9.17) is 31.7 Å². The number of pyridine rings is 1. The molecule has 3 aliphatic heterocycles. The number of aromatic amines is 1. The Bertz CT molecular complexity index is 1980. The number of carbonyl (C=O) groups is 7. The van der Waals surface area contributed by atoms with E-state index in [1.165, 1.54) is 0 Å². The quantitative estimate of drug-likeness (QED) is 0.0708. The Morgan fingerprint density at radius 1 is 1.17 bits per heavy atom. The molecule has 5 heterocycles. The fraction of sp³-hybridized carbons (Fsp3) is 0.250. The van der Waals surface area contributed by atoms with Gasteiger partial charge in [0.2, 0.25) is 5.60 Å². The number of amides is 4. The fourth-order valence-corrected chi connectivity index (χ4v) is 5.51. The summed E-state index contributed by atoms with van der Waals surface area (Å²) in [7, 11) is 0. The summed E-state index contributed by atoms with van der Waals surface area (Å²) in [6, 6.07) is -1.03. The lowest BCUT2D eigenvalue weighted by atomic mass is 10.1. The standard InChI is InChI=1S/C24H16ClN7O14S/c25-13-11(29-22(26)47-13)12(30-46-23(1-2-23)20(40)41)15(35)27-7-5-44-32(17(7)37)24(21(42)43)4-8(19(39)45-24)31-16(36)6-3-9(33)14(34)28-10(6)18(31)38/h3-4,7,33H,1-2,5H2,(H2,26,29)(H,27,35)(H,28,34)(H,40,41)(H,42,43)/b30-12-/t7-,24?/m0/s1. The smallest absolute Gasteiger partial charge is 0.377 e. The van der Waals surface area contributed by atoms with Crippen LogP contribution in [0.4, 0.5) is 5.13 Å². The molecule has 2 aromatic rings. The van der Waals surface area contributed by atoms with Crippen molar-refractivity contribution >= 4 is 75.3 Å². The van der Waals surface area contributed by atoms with Crippen molar-refractivity contribution in [1.29, 1.82) is 0 Å². The number of hydroxylamine groups is 2. The normalized spacial score (nSPS) is 23.0. The average molecular weight is 694 g/mol. The number of imide groups is 1. The maximum atomic E-state index is 13.4. The minimum atomic E-state index is -3.11. The van der Waals surface area contributed by atoms with E-state index >= 15 is 0 Å². The molecule has 7 N–H and O–H groups in total. The second kappa shape index (κ2) is 10.6. The third-order valence-corrected chi connectivity index (χ3v) is 8.22. The SMILES string of the molecule is Nc1nc(/C(=N/OC2(C(=O)O)CC2)C(=O)N[C@H]2CON(C3(C(=O)O)C=C(N4C(=O)c5cc(O)c(=O)[nH]c5C4=O)C(=O)O3)C2=O)c(Cl)s1. The number of nitrogens with two attached hydrogens (primary N) is 1. The number of hydrogen-bond donors (Lipinski definition) is 6. The first-order chi connectivity index (χ1) is 22.1. The number of carboxylic acid groups (broad SMARTS) is 2. The summed E-state index contributed by atoms with van der Waals surface area (Å²) in [4.78, 5) is 117. The van der Waals surface area contributed by atoms with Crippen LogP contribution in [0.15, 0.2) is 27.8 Å². The van der Waals surface area contributed by atoms with Crippen molar-refractivity contribution < 1.29 is 63.3 Å². The number of esters is 1. The first kappa shape index (κ1) is 31.1. The largest absolute Gasteiger partial charge is 0.503 e. The van der Waals surface area contributed by atoms with Gasteiger partial charge >= 0.3 is 23.6 Å². The third-order valence-electron chi connectivity index (χ3n) is 7.13. The van der Waals surface area contributed by atoms with Gasteiger partial charge in [0.25, 0.3) is 29.2 Å². The molecule has 21 nitrogen and oxygen atoms in total. The van der Waals surface area contributed by atoms with E-state index in [0.717, 1.165) is 11.3 Å². The number of aliphatic carboxylic acids is 2. The summed E-state index contributed by atoms with van der Waals surface area (Å²) < 4.78 is 4.81. The Morgan fingerprint density at radius 2 is 1.87 bits per heavy atom. The van der Waals surface area contributed by atoms with Crippen LogP contribution in [-0.2, 0) is 38.4 Å². The number of aromatic nitrogens is 2. The molecular formula is C24H16ClN7O14S. The zero-order valence-corrected chi connectivity index (χ0v) is 24.4. The maximum Gasteiger partial charge on any atom is 0.377 e. The predicted molar refractivity (Wildman–Crippen MR) is 147 cm³/mol. The Morgan fingerprint density at radius 3 is 2.47 bits per heavy atom. The number of cyclic esters (lactones) is 1. The van der Waals surface area contributed by atoms with Gasteiger partial charge in [-0.05, 0) is 0 Å². The Labute approximate surface area is 266 Å². The lowest BCUT2D eigenvalue weighted by Crippen LogP contribution is -2.56. The zero-order valence-electron chi connectivity index (χ0n) is 22.8. The molecule has 23 heteroatoms. The fourth-order valence-electron chi connectivity index (χ4n) is 4.58. The molecule has 244 valence electrons. The Balaban J connectivity index is 1.27. The molecule has 0 bridgehead atoms. The minimum Gasteiger partial charge on any atom is -0.503 e. The number of ether oxygens (including phenoxy) is 1. The summed E-state index contributed by atoms with van der Waals surface area (Å²) in [5.74, 6) is -10.9. The van der Waals surface area contributed by atoms with Crippen molar-refractivity contribution in [3.8, 4) is 5.75 Å². The van der Waals surface area contributed by atoms with Gasteiger partial charge in [-0.1, -0.05) is 28.1 Å². The van der Waals surface area contributed by atoms with E-state index in [0.29, 0.717) is 12.1 Å². The number of thiazole rings is 1. The molecule has 2 atom stereocenters. The second-order valence-corrected chi connectivity index (χ2v) is 11.7. The van der Waals surface area contributed by atoms with E-state index in [1.807, 2.05) is 4.98 Å². The van der Waals surface area contributed by atoms with E-state index < -0.39 is 99.5 Å². The van der Waals surface area contributed by atoms with Crippen LogP contribution in [0.25, 0.3) is 0 Å². The summed E-state index contributed by atoms with van der Waals surface area (Å²) in [5, 5.41) is 34.9. The molecule has 4 aliphatic rings. The van der Waals surface area contributed by atoms with Crippen LogP contribution in [0.2, 0.25) is 4.34 Å². The van der Waals surface area contributed by atoms with Crippen molar-refractivity contribution in [2.24, 2.45) is 5.16 Å². The topological polar surface area (TPSA) is 311 Å². The Hall–Kier alpha value is -5.87. The van der Waals surface area contributed by atoms with Gasteiger partial charge < -0.3 is 40.9 Å².